The second-order valence-corrected chi connectivity index (χ2v) is 8.86. The van der Waals surface area contributed by atoms with E-state index in [1.807, 2.05) is 37.3 Å². The zero-order valence-corrected chi connectivity index (χ0v) is 21.4. The molecular weight excluding hydrogens is 500 g/mol. The first-order valence-electron chi connectivity index (χ1n) is 12.4. The Morgan fingerprint density at radius 1 is 0.842 bits per heavy atom. The summed E-state index contributed by atoms with van der Waals surface area (Å²) < 4.78 is 73.5. The van der Waals surface area contributed by atoms with Gasteiger partial charge in [-0.2, -0.15) is 8.78 Å². The first kappa shape index (κ1) is 28.8. The van der Waals surface area contributed by atoms with Crippen molar-refractivity contribution >= 4 is 5.97 Å². The molecule has 3 aromatic carbocycles. The summed E-state index contributed by atoms with van der Waals surface area (Å²) in [5, 5.41) is 0. The maximum Gasteiger partial charge on any atom is 0.349 e. The van der Waals surface area contributed by atoms with Crippen LogP contribution in [0, 0.1) is 29.2 Å². The van der Waals surface area contributed by atoms with Crippen LogP contribution < -0.4 is 14.2 Å². The highest BCUT2D eigenvalue weighted by atomic mass is 19.2. The topological polar surface area (TPSA) is 44.8 Å². The van der Waals surface area contributed by atoms with E-state index in [9.17, 15) is 22.4 Å². The van der Waals surface area contributed by atoms with Gasteiger partial charge in [0.15, 0.2) is 17.4 Å². The predicted molar refractivity (Wildman–Crippen MR) is 138 cm³/mol. The minimum Gasteiger partial charge on any atom is -0.494 e. The third kappa shape index (κ3) is 7.15. The highest BCUT2D eigenvalue weighted by Crippen LogP contribution is 2.32. The van der Waals surface area contributed by atoms with E-state index in [1.165, 1.54) is 12.1 Å². The van der Waals surface area contributed by atoms with Gasteiger partial charge >= 0.3 is 5.97 Å². The largest absolute Gasteiger partial charge is 0.494 e. The summed E-state index contributed by atoms with van der Waals surface area (Å²) in [5.74, 6) is -9.56. The van der Waals surface area contributed by atoms with Crippen LogP contribution in [0.3, 0.4) is 0 Å². The number of allylic oxidation sites excluding steroid dienone is 1. The van der Waals surface area contributed by atoms with Gasteiger partial charge in [-0.15, -0.1) is 6.58 Å². The van der Waals surface area contributed by atoms with Crippen LogP contribution in [-0.2, 0) is 0 Å². The number of unbranched alkanes of at least 4 members (excludes halogenated alkanes) is 2. The quantitative estimate of drug-likeness (QED) is 0.0557. The number of carbonyl (C=O) groups is 1. The van der Waals surface area contributed by atoms with Gasteiger partial charge in [0.25, 0.3) is 0 Å². The number of ether oxygens (including phenoxy) is 3. The number of hydrogen-bond donors (Lipinski definition) is 0. The monoisotopic (exact) mass is 530 g/mol. The Bertz CT molecular complexity index is 1210. The van der Waals surface area contributed by atoms with Crippen molar-refractivity contribution in [3.05, 3.63) is 90.0 Å². The molecule has 1 atom stereocenters. The lowest BCUT2D eigenvalue weighted by atomic mass is 10.1. The lowest BCUT2D eigenvalue weighted by Crippen LogP contribution is -2.18. The summed E-state index contributed by atoms with van der Waals surface area (Å²) in [6.07, 6.45) is 5.40. The van der Waals surface area contributed by atoms with Crippen LogP contribution in [0.2, 0.25) is 0 Å². The van der Waals surface area contributed by atoms with Crippen LogP contribution in [0.1, 0.15) is 49.9 Å². The molecule has 0 saturated heterocycles. The number of hydrogen-bond acceptors (Lipinski definition) is 4. The Kier molecular flexibility index (Phi) is 10.3. The highest BCUT2D eigenvalue weighted by Gasteiger charge is 2.32. The SMILES string of the molecule is C=CCCCCOc1ccc(-c2ccc(OC(=O)c3c(F)c(F)c(OC[C@@H](C)CC)c(F)c3F)cc2)cc1. The van der Waals surface area contributed by atoms with Gasteiger partial charge < -0.3 is 14.2 Å². The molecule has 0 aromatic heterocycles. The molecule has 3 aromatic rings. The van der Waals surface area contributed by atoms with Crippen molar-refractivity contribution < 1.29 is 36.6 Å². The first-order valence-corrected chi connectivity index (χ1v) is 12.4. The van der Waals surface area contributed by atoms with Gasteiger partial charge in [0.2, 0.25) is 11.6 Å². The lowest BCUT2D eigenvalue weighted by Gasteiger charge is -2.15. The fraction of sp³-hybridized carbons (Fsp3) is 0.300. The molecule has 0 unspecified atom stereocenters. The standard InChI is InChI=1S/C30H30F4O4/c1-4-6-7-8-17-36-22-13-9-20(10-14-22)21-11-15-23(16-12-21)38-30(35)24-25(31)27(33)29(28(34)26(24)32)37-18-19(3)5-2/h4,9-16,19H,1,5-8,17-18H2,2-3H3/t19-/m0/s1. The number of esters is 1. The van der Waals surface area contributed by atoms with E-state index >= 15 is 0 Å². The Hall–Kier alpha value is -3.81. The average molecular weight is 531 g/mol. The summed E-state index contributed by atoms with van der Waals surface area (Å²) in [4.78, 5) is 12.4. The molecule has 0 amide bonds. The number of benzene rings is 3. The van der Waals surface area contributed by atoms with E-state index in [2.05, 4.69) is 6.58 Å². The molecule has 8 heteroatoms. The molecule has 0 heterocycles. The molecule has 4 nitrogen and oxygen atoms in total. The third-order valence-corrected chi connectivity index (χ3v) is 5.96. The van der Waals surface area contributed by atoms with Crippen LogP contribution >= 0.6 is 0 Å². The van der Waals surface area contributed by atoms with Crippen molar-refractivity contribution in [2.45, 2.75) is 39.5 Å². The van der Waals surface area contributed by atoms with Gasteiger partial charge in [-0.1, -0.05) is 50.6 Å². The predicted octanol–water partition coefficient (Wildman–Crippen LogP) is 8.29. The number of halogens is 4. The van der Waals surface area contributed by atoms with E-state index in [4.69, 9.17) is 14.2 Å². The molecule has 0 spiro atoms. The molecule has 0 saturated carbocycles. The Balaban J connectivity index is 1.67. The van der Waals surface area contributed by atoms with Crippen molar-refractivity contribution in [3.8, 4) is 28.4 Å². The molecule has 0 fully saturated rings. The number of carbonyl (C=O) groups excluding carboxylic acids is 1. The van der Waals surface area contributed by atoms with E-state index in [0.29, 0.717) is 13.0 Å². The van der Waals surface area contributed by atoms with Crippen LogP contribution in [0.4, 0.5) is 17.6 Å². The van der Waals surface area contributed by atoms with Crippen molar-refractivity contribution in [2.24, 2.45) is 5.92 Å². The van der Waals surface area contributed by atoms with Crippen LogP contribution in [0.25, 0.3) is 11.1 Å². The van der Waals surface area contributed by atoms with Crippen molar-refractivity contribution in [1.29, 1.82) is 0 Å². The minimum absolute atomic E-state index is 0.0602. The molecule has 0 bridgehead atoms. The number of rotatable bonds is 13. The summed E-state index contributed by atoms with van der Waals surface area (Å²) in [6.45, 7) is 7.72. The molecule has 0 radical (unpaired) electrons. The fourth-order valence-corrected chi connectivity index (χ4v) is 3.46. The van der Waals surface area contributed by atoms with Crippen molar-refractivity contribution in [3.63, 3.8) is 0 Å². The van der Waals surface area contributed by atoms with Gasteiger partial charge in [-0.05, 0) is 60.6 Å². The summed E-state index contributed by atoms with van der Waals surface area (Å²) in [6, 6.07) is 13.5. The van der Waals surface area contributed by atoms with E-state index < -0.39 is 40.6 Å². The maximum absolute atomic E-state index is 14.5. The summed E-state index contributed by atoms with van der Waals surface area (Å²) >= 11 is 0. The Labute approximate surface area is 219 Å². The molecule has 202 valence electrons. The molecule has 38 heavy (non-hydrogen) atoms. The van der Waals surface area contributed by atoms with E-state index in [0.717, 1.165) is 36.1 Å². The van der Waals surface area contributed by atoms with Crippen molar-refractivity contribution in [1.82, 2.24) is 0 Å². The van der Waals surface area contributed by atoms with Crippen molar-refractivity contribution in [2.75, 3.05) is 13.2 Å². The second kappa shape index (κ2) is 13.7. The van der Waals surface area contributed by atoms with Gasteiger partial charge in [0.05, 0.1) is 13.2 Å². The zero-order chi connectivity index (χ0) is 27.7. The summed E-state index contributed by atoms with van der Waals surface area (Å²) in [5.41, 5.74) is 0.163. The third-order valence-electron chi connectivity index (χ3n) is 5.96. The first-order chi connectivity index (χ1) is 18.3. The normalized spacial score (nSPS) is 11.6. The van der Waals surface area contributed by atoms with Gasteiger partial charge in [-0.25, -0.2) is 13.6 Å². The zero-order valence-electron chi connectivity index (χ0n) is 21.4. The Morgan fingerprint density at radius 2 is 1.39 bits per heavy atom. The molecule has 0 N–H and O–H groups in total. The minimum atomic E-state index is -1.88. The second-order valence-electron chi connectivity index (χ2n) is 8.86. The average Bonchev–Trinajstić information content (AvgIpc) is 2.92. The van der Waals surface area contributed by atoms with Gasteiger partial charge in [0, 0.05) is 0 Å². The van der Waals surface area contributed by atoms with Gasteiger partial charge in [-0.3, -0.25) is 0 Å². The highest BCUT2D eigenvalue weighted by molar-refractivity contribution is 5.92. The van der Waals surface area contributed by atoms with Gasteiger partial charge in [0.1, 0.15) is 17.1 Å². The molecule has 0 aliphatic carbocycles. The fourth-order valence-electron chi connectivity index (χ4n) is 3.46. The lowest BCUT2D eigenvalue weighted by molar-refractivity contribution is 0.0721. The van der Waals surface area contributed by atoms with Crippen LogP contribution in [0.15, 0.2) is 61.2 Å². The Morgan fingerprint density at radius 3 is 1.92 bits per heavy atom. The molecule has 3 rings (SSSR count). The smallest absolute Gasteiger partial charge is 0.349 e. The molecule has 0 aliphatic heterocycles. The van der Waals surface area contributed by atoms with E-state index in [1.54, 1.807) is 19.1 Å². The maximum atomic E-state index is 14.5. The van der Waals surface area contributed by atoms with Crippen LogP contribution in [-0.4, -0.2) is 19.2 Å². The van der Waals surface area contributed by atoms with E-state index in [-0.39, 0.29) is 18.3 Å². The molecule has 0 aliphatic rings. The summed E-state index contributed by atoms with van der Waals surface area (Å²) in [7, 11) is 0. The van der Waals surface area contributed by atoms with Crippen LogP contribution in [0.5, 0.6) is 17.2 Å². The molecular formula is C30H30F4O4.